The fraction of sp³-hybridized carbons (Fsp3) is 0.200. The van der Waals surface area contributed by atoms with E-state index in [1.165, 1.54) is 48.5 Å². The Hall–Kier alpha value is -3.73. The molecule has 0 saturated carbocycles. The Labute approximate surface area is 204 Å². The molecule has 36 heavy (non-hydrogen) atoms. The zero-order valence-corrected chi connectivity index (χ0v) is 19.8. The minimum atomic E-state index is -4.59. The summed E-state index contributed by atoms with van der Waals surface area (Å²) in [5.74, 6) is -1.16. The first-order valence-corrected chi connectivity index (χ1v) is 12.5. The Morgan fingerprint density at radius 1 is 1.03 bits per heavy atom. The van der Waals surface area contributed by atoms with Crippen molar-refractivity contribution >= 4 is 21.4 Å². The number of carbonyl (C=O) groups is 1. The summed E-state index contributed by atoms with van der Waals surface area (Å²) in [6.07, 6.45) is -2.38. The molecule has 188 valence electrons. The smallest absolute Gasteiger partial charge is 0.274 e. The molecule has 11 heteroatoms. The van der Waals surface area contributed by atoms with E-state index in [9.17, 15) is 30.8 Å². The minimum absolute atomic E-state index is 0.0765. The number of rotatable bonds is 7. The van der Waals surface area contributed by atoms with Gasteiger partial charge >= 0.3 is 6.18 Å². The second kappa shape index (κ2) is 9.73. The van der Waals surface area contributed by atoms with Crippen LogP contribution in [0.25, 0.3) is 27.9 Å². The Morgan fingerprint density at radius 2 is 1.75 bits per heavy atom. The molecule has 2 aromatic carbocycles. The number of amides is 1. The Morgan fingerprint density at radius 3 is 2.39 bits per heavy atom. The van der Waals surface area contributed by atoms with Gasteiger partial charge in [-0.3, -0.25) is 4.79 Å². The molecule has 1 N–H and O–H groups in total. The van der Waals surface area contributed by atoms with Gasteiger partial charge in [-0.25, -0.2) is 22.0 Å². The number of unbranched alkanes of at least 4 members (excludes halogenated alkanes) is 1. The summed E-state index contributed by atoms with van der Waals surface area (Å²) in [5, 5.41) is 4.29. The third kappa shape index (κ3) is 5.25. The van der Waals surface area contributed by atoms with Crippen molar-refractivity contribution in [2.45, 2.75) is 37.3 Å². The molecule has 0 aliphatic carbocycles. The molecule has 0 spiro atoms. The van der Waals surface area contributed by atoms with Gasteiger partial charge in [-0.05, 0) is 48.4 Å². The van der Waals surface area contributed by atoms with Gasteiger partial charge in [0.15, 0.2) is 0 Å². The summed E-state index contributed by atoms with van der Waals surface area (Å²) < 4.78 is 82.0. The molecule has 0 radical (unpaired) electrons. The van der Waals surface area contributed by atoms with Gasteiger partial charge in [-0.1, -0.05) is 37.6 Å². The van der Waals surface area contributed by atoms with Gasteiger partial charge in [0.05, 0.1) is 16.0 Å². The minimum Gasteiger partial charge on any atom is -0.274 e. The fourth-order valence-corrected chi connectivity index (χ4v) is 4.75. The van der Waals surface area contributed by atoms with Crippen LogP contribution in [0, 0.1) is 5.82 Å². The first-order valence-electron chi connectivity index (χ1n) is 11.0. The van der Waals surface area contributed by atoms with Gasteiger partial charge in [0.2, 0.25) is 5.91 Å². The molecule has 2 aromatic heterocycles. The van der Waals surface area contributed by atoms with Crippen molar-refractivity contribution in [2.75, 3.05) is 0 Å². The fourth-order valence-electron chi connectivity index (χ4n) is 3.74. The lowest BCUT2D eigenvalue weighted by Gasteiger charge is -2.09. The van der Waals surface area contributed by atoms with Gasteiger partial charge in [0.25, 0.3) is 10.0 Å². The van der Waals surface area contributed by atoms with Crippen LogP contribution in [-0.4, -0.2) is 23.9 Å². The lowest BCUT2D eigenvalue weighted by atomic mass is 9.99. The number of hydrogen-bond donors (Lipinski definition) is 1. The highest BCUT2D eigenvalue weighted by atomic mass is 32.2. The van der Waals surface area contributed by atoms with Crippen LogP contribution in [0.4, 0.5) is 17.6 Å². The van der Waals surface area contributed by atoms with E-state index in [4.69, 9.17) is 0 Å². The standard InChI is InChI=1S/C25H21F4N3O3S/c1-2-3-7-22(33)31-36(34,35)20-11-8-16(9-12-20)23-21-13-10-18(25(27,28)29)15-32(21)30-24(23)17-5-4-6-19(26)14-17/h4-6,8-15H,2-3,7H2,1H3,(H,31,33). The van der Waals surface area contributed by atoms with E-state index in [0.29, 0.717) is 28.6 Å². The molecule has 0 aliphatic rings. The highest BCUT2D eigenvalue weighted by molar-refractivity contribution is 7.90. The summed E-state index contributed by atoms with van der Waals surface area (Å²) >= 11 is 0. The van der Waals surface area contributed by atoms with E-state index in [2.05, 4.69) is 5.10 Å². The third-order valence-corrected chi connectivity index (χ3v) is 6.90. The second-order valence-electron chi connectivity index (χ2n) is 8.14. The quantitative estimate of drug-likeness (QED) is 0.312. The Kier molecular flexibility index (Phi) is 6.85. The van der Waals surface area contributed by atoms with Crippen LogP contribution >= 0.6 is 0 Å². The Balaban J connectivity index is 1.80. The van der Waals surface area contributed by atoms with Crippen LogP contribution in [0.2, 0.25) is 0 Å². The number of pyridine rings is 1. The molecule has 0 bridgehead atoms. The first-order chi connectivity index (χ1) is 17.0. The number of aromatic nitrogens is 2. The molecule has 0 atom stereocenters. The zero-order valence-electron chi connectivity index (χ0n) is 19.0. The highest BCUT2D eigenvalue weighted by Gasteiger charge is 2.31. The SMILES string of the molecule is CCCCC(=O)NS(=O)(=O)c1ccc(-c2c(-c3cccc(F)c3)nn3cc(C(F)(F)F)ccc23)cc1. The predicted molar refractivity (Wildman–Crippen MR) is 126 cm³/mol. The summed E-state index contributed by atoms with van der Waals surface area (Å²) in [4.78, 5) is 11.8. The largest absolute Gasteiger partial charge is 0.417 e. The van der Waals surface area contributed by atoms with Crippen molar-refractivity contribution < 1.29 is 30.8 Å². The number of carbonyl (C=O) groups excluding carboxylic acids is 1. The van der Waals surface area contributed by atoms with E-state index in [1.807, 2.05) is 11.6 Å². The number of nitrogens with zero attached hydrogens (tertiary/aromatic N) is 2. The number of fused-ring (bicyclic) bond motifs is 1. The number of benzene rings is 2. The zero-order chi connectivity index (χ0) is 26.1. The molecular formula is C25H21F4N3O3S. The van der Waals surface area contributed by atoms with Crippen LogP contribution in [0.3, 0.4) is 0 Å². The normalized spacial score (nSPS) is 12.1. The Bertz CT molecular complexity index is 1530. The van der Waals surface area contributed by atoms with Gasteiger partial charge in [-0.2, -0.15) is 18.3 Å². The number of halogens is 4. The topological polar surface area (TPSA) is 80.5 Å². The number of alkyl halides is 3. The number of hydrogen-bond acceptors (Lipinski definition) is 4. The van der Waals surface area contributed by atoms with Gasteiger partial charge in [0, 0.05) is 23.7 Å². The van der Waals surface area contributed by atoms with E-state index in [-0.39, 0.29) is 17.0 Å². The van der Waals surface area contributed by atoms with E-state index >= 15 is 0 Å². The van der Waals surface area contributed by atoms with Crippen molar-refractivity contribution in [3.05, 3.63) is 78.2 Å². The number of sulfonamides is 1. The van der Waals surface area contributed by atoms with Crippen molar-refractivity contribution in [3.63, 3.8) is 0 Å². The van der Waals surface area contributed by atoms with Crippen LogP contribution < -0.4 is 4.72 Å². The average molecular weight is 520 g/mol. The number of nitrogens with one attached hydrogen (secondary N) is 1. The summed E-state index contributed by atoms with van der Waals surface area (Å²) in [6, 6.07) is 13.1. The molecule has 0 fully saturated rings. The molecular weight excluding hydrogens is 498 g/mol. The summed E-state index contributed by atoms with van der Waals surface area (Å²) in [6.45, 7) is 1.88. The molecule has 4 aromatic rings. The molecule has 4 rings (SSSR count). The lowest BCUT2D eigenvalue weighted by Crippen LogP contribution is -2.30. The molecule has 0 saturated heterocycles. The maximum absolute atomic E-state index is 13.9. The van der Waals surface area contributed by atoms with Crippen molar-refractivity contribution in [2.24, 2.45) is 0 Å². The lowest BCUT2D eigenvalue weighted by molar-refractivity contribution is -0.137. The third-order valence-electron chi connectivity index (χ3n) is 5.51. The van der Waals surface area contributed by atoms with Gasteiger partial charge in [0.1, 0.15) is 11.5 Å². The van der Waals surface area contributed by atoms with Crippen molar-refractivity contribution in [1.29, 1.82) is 0 Å². The second-order valence-corrected chi connectivity index (χ2v) is 9.82. The average Bonchev–Trinajstić information content (AvgIpc) is 3.21. The summed E-state index contributed by atoms with van der Waals surface area (Å²) in [7, 11) is -4.10. The van der Waals surface area contributed by atoms with Gasteiger partial charge in [-0.15, -0.1) is 0 Å². The molecule has 2 heterocycles. The van der Waals surface area contributed by atoms with E-state index in [1.54, 1.807) is 6.07 Å². The molecule has 6 nitrogen and oxygen atoms in total. The molecule has 0 aliphatic heterocycles. The predicted octanol–water partition coefficient (Wildman–Crippen LogP) is 5.82. The van der Waals surface area contributed by atoms with Crippen molar-refractivity contribution in [1.82, 2.24) is 14.3 Å². The first kappa shape index (κ1) is 25.4. The summed E-state index contributed by atoms with van der Waals surface area (Å²) in [5.41, 5.74) is 0.797. The van der Waals surface area contributed by atoms with Crippen LogP contribution in [0.5, 0.6) is 0 Å². The monoisotopic (exact) mass is 519 g/mol. The van der Waals surface area contributed by atoms with Crippen LogP contribution in [0.1, 0.15) is 31.7 Å². The molecule has 1 amide bonds. The highest BCUT2D eigenvalue weighted by Crippen LogP contribution is 2.37. The van der Waals surface area contributed by atoms with E-state index < -0.39 is 33.5 Å². The molecule has 0 unspecified atom stereocenters. The maximum atomic E-state index is 13.9. The van der Waals surface area contributed by atoms with E-state index in [0.717, 1.165) is 23.2 Å². The van der Waals surface area contributed by atoms with Crippen LogP contribution in [0.15, 0.2) is 71.8 Å². The van der Waals surface area contributed by atoms with Crippen molar-refractivity contribution in [3.8, 4) is 22.4 Å². The van der Waals surface area contributed by atoms with Crippen LogP contribution in [-0.2, 0) is 21.0 Å². The van der Waals surface area contributed by atoms with Gasteiger partial charge < -0.3 is 0 Å². The maximum Gasteiger partial charge on any atom is 0.417 e.